The van der Waals surface area contributed by atoms with Crippen LogP contribution < -0.4 is 5.48 Å². The van der Waals surface area contributed by atoms with Gasteiger partial charge in [-0.15, -0.1) is 17.9 Å². The molecule has 0 saturated heterocycles. The molecule has 0 heterocycles. The highest BCUT2D eigenvalue weighted by atomic mass is 35.5. The predicted octanol–water partition coefficient (Wildman–Crippen LogP) is 1.49. The number of carbonyl (C=O) groups excluding carboxylic acids is 1. The zero-order chi connectivity index (χ0) is 7.98. The molecule has 0 amide bonds. The molecule has 0 bridgehead atoms. The minimum Gasteiger partial charge on any atom is -0.433 e. The molecule has 5 heteroatoms. The molecule has 0 aliphatic rings. The van der Waals surface area contributed by atoms with Crippen molar-refractivity contribution in [3.8, 4) is 0 Å². The molecular formula is C6H14ClNO3. The first kappa shape index (κ1) is 13.1. The van der Waals surface area contributed by atoms with Crippen LogP contribution in [0.1, 0.15) is 20.8 Å². The quantitative estimate of drug-likeness (QED) is 0.532. The lowest BCUT2D eigenvalue weighted by atomic mass is 10.4. The first-order chi connectivity index (χ1) is 4.66. The Morgan fingerprint density at radius 3 is 2.45 bits per heavy atom. The van der Waals surface area contributed by atoms with Gasteiger partial charge in [0.2, 0.25) is 0 Å². The lowest BCUT2D eigenvalue weighted by Crippen LogP contribution is -2.26. The second kappa shape index (κ2) is 7.63. The van der Waals surface area contributed by atoms with Crippen molar-refractivity contribution in [2.45, 2.75) is 26.8 Å². The van der Waals surface area contributed by atoms with E-state index in [1.165, 1.54) is 0 Å². The Kier molecular flexibility index (Phi) is 9.10. The Balaban J connectivity index is 0. The molecule has 11 heavy (non-hydrogen) atoms. The van der Waals surface area contributed by atoms with Crippen LogP contribution in [0, 0.1) is 0 Å². The highest BCUT2D eigenvalue weighted by molar-refractivity contribution is 5.85. The van der Waals surface area contributed by atoms with Crippen molar-refractivity contribution in [2.24, 2.45) is 0 Å². The second-order valence-electron chi connectivity index (χ2n) is 2.06. The van der Waals surface area contributed by atoms with E-state index in [1.54, 1.807) is 6.92 Å². The summed E-state index contributed by atoms with van der Waals surface area (Å²) in [5.74, 6) is 0. The van der Waals surface area contributed by atoms with Gasteiger partial charge in [-0.25, -0.2) is 4.79 Å². The van der Waals surface area contributed by atoms with Gasteiger partial charge >= 0.3 is 6.16 Å². The van der Waals surface area contributed by atoms with Crippen LogP contribution in [-0.4, -0.2) is 18.8 Å². The summed E-state index contributed by atoms with van der Waals surface area (Å²) in [5, 5.41) is 0. The molecule has 0 atom stereocenters. The van der Waals surface area contributed by atoms with Gasteiger partial charge in [0.25, 0.3) is 0 Å². The van der Waals surface area contributed by atoms with E-state index in [2.05, 4.69) is 15.1 Å². The third-order valence-electron chi connectivity index (χ3n) is 0.640. The monoisotopic (exact) mass is 183 g/mol. The zero-order valence-electron chi connectivity index (χ0n) is 6.92. The Hall–Kier alpha value is -0.480. The summed E-state index contributed by atoms with van der Waals surface area (Å²) >= 11 is 0. The molecule has 0 aliphatic carbocycles. The van der Waals surface area contributed by atoms with Crippen LogP contribution in [0.2, 0.25) is 0 Å². The molecule has 0 saturated carbocycles. The molecule has 0 aliphatic heterocycles. The number of carbonyl (C=O) groups is 1. The van der Waals surface area contributed by atoms with E-state index in [1.807, 2.05) is 13.8 Å². The predicted molar refractivity (Wildman–Crippen MR) is 43.6 cm³/mol. The molecule has 0 rings (SSSR count). The second-order valence-corrected chi connectivity index (χ2v) is 2.06. The van der Waals surface area contributed by atoms with Crippen molar-refractivity contribution < 1.29 is 14.4 Å². The minimum atomic E-state index is -0.684. The largest absolute Gasteiger partial charge is 0.527 e. The van der Waals surface area contributed by atoms with Crippen molar-refractivity contribution in [2.75, 3.05) is 6.61 Å². The molecule has 0 aromatic rings. The van der Waals surface area contributed by atoms with Crippen LogP contribution in [0.4, 0.5) is 4.79 Å². The third-order valence-corrected chi connectivity index (χ3v) is 0.640. The summed E-state index contributed by atoms with van der Waals surface area (Å²) < 4.78 is 4.47. The number of hydrogen-bond acceptors (Lipinski definition) is 4. The molecule has 0 radical (unpaired) electrons. The van der Waals surface area contributed by atoms with Crippen LogP contribution in [0.5, 0.6) is 0 Å². The molecule has 4 nitrogen and oxygen atoms in total. The standard InChI is InChI=1S/C6H13NO3.ClH/c1-4-9-6(8)10-7-5(2)3;/h5,7H,4H2,1-3H3;1H. The van der Waals surface area contributed by atoms with Crippen LogP contribution in [0.3, 0.4) is 0 Å². The maximum atomic E-state index is 10.4. The van der Waals surface area contributed by atoms with Gasteiger partial charge in [-0.3, -0.25) is 0 Å². The van der Waals surface area contributed by atoms with E-state index >= 15 is 0 Å². The molecule has 0 unspecified atom stereocenters. The van der Waals surface area contributed by atoms with Gasteiger partial charge < -0.3 is 9.57 Å². The van der Waals surface area contributed by atoms with Gasteiger partial charge in [0, 0.05) is 6.04 Å². The molecule has 0 aromatic heterocycles. The third kappa shape index (κ3) is 9.52. The van der Waals surface area contributed by atoms with Crippen molar-refractivity contribution in [1.82, 2.24) is 5.48 Å². The number of rotatable bonds is 3. The number of hydroxylamine groups is 1. The smallest absolute Gasteiger partial charge is 0.433 e. The molecule has 0 aromatic carbocycles. The van der Waals surface area contributed by atoms with Gasteiger partial charge in [0.15, 0.2) is 0 Å². The van der Waals surface area contributed by atoms with E-state index in [-0.39, 0.29) is 18.4 Å². The maximum absolute atomic E-state index is 10.4. The average molecular weight is 184 g/mol. The van der Waals surface area contributed by atoms with E-state index in [0.717, 1.165) is 0 Å². The first-order valence-electron chi connectivity index (χ1n) is 3.26. The average Bonchev–Trinajstić information content (AvgIpc) is 1.85. The summed E-state index contributed by atoms with van der Waals surface area (Å²) in [7, 11) is 0. The Labute approximate surface area is 72.6 Å². The summed E-state index contributed by atoms with van der Waals surface area (Å²) in [6.07, 6.45) is -0.684. The lowest BCUT2D eigenvalue weighted by Gasteiger charge is -2.06. The van der Waals surface area contributed by atoms with Crippen molar-refractivity contribution >= 4 is 18.6 Å². The normalized spacial score (nSPS) is 8.73. The minimum absolute atomic E-state index is 0. The van der Waals surface area contributed by atoms with Gasteiger partial charge in [-0.05, 0) is 20.8 Å². The Bertz CT molecular complexity index is 108. The Morgan fingerprint density at radius 1 is 1.55 bits per heavy atom. The number of halogens is 1. The van der Waals surface area contributed by atoms with E-state index < -0.39 is 6.16 Å². The van der Waals surface area contributed by atoms with Crippen molar-refractivity contribution in [3.05, 3.63) is 0 Å². The van der Waals surface area contributed by atoms with E-state index in [9.17, 15) is 4.79 Å². The highest BCUT2D eigenvalue weighted by Gasteiger charge is 2.01. The van der Waals surface area contributed by atoms with Crippen LogP contribution in [-0.2, 0) is 9.57 Å². The Morgan fingerprint density at radius 2 is 2.09 bits per heavy atom. The fourth-order valence-corrected chi connectivity index (χ4v) is 0.313. The topological polar surface area (TPSA) is 47.6 Å². The van der Waals surface area contributed by atoms with Gasteiger partial charge in [-0.1, -0.05) is 0 Å². The van der Waals surface area contributed by atoms with Crippen LogP contribution in [0.15, 0.2) is 0 Å². The summed E-state index contributed by atoms with van der Waals surface area (Å²) in [6.45, 7) is 5.77. The summed E-state index contributed by atoms with van der Waals surface area (Å²) in [5.41, 5.74) is 2.46. The first-order valence-corrected chi connectivity index (χ1v) is 3.26. The fraction of sp³-hybridized carbons (Fsp3) is 0.833. The lowest BCUT2D eigenvalue weighted by molar-refractivity contribution is 0.0103. The van der Waals surface area contributed by atoms with Gasteiger partial charge in [0.1, 0.15) is 0 Å². The van der Waals surface area contributed by atoms with Crippen molar-refractivity contribution in [3.63, 3.8) is 0 Å². The fourth-order valence-electron chi connectivity index (χ4n) is 0.313. The maximum Gasteiger partial charge on any atom is 0.527 e. The molecule has 68 valence electrons. The van der Waals surface area contributed by atoms with Crippen molar-refractivity contribution in [1.29, 1.82) is 0 Å². The summed E-state index contributed by atoms with van der Waals surface area (Å²) in [6, 6.07) is 0.115. The molecule has 0 fully saturated rings. The van der Waals surface area contributed by atoms with Gasteiger partial charge in [0.05, 0.1) is 6.61 Å². The van der Waals surface area contributed by atoms with Crippen LogP contribution >= 0.6 is 12.4 Å². The van der Waals surface area contributed by atoms with Gasteiger partial charge in [-0.2, -0.15) is 0 Å². The number of nitrogens with one attached hydrogen (secondary N) is 1. The van der Waals surface area contributed by atoms with E-state index in [4.69, 9.17) is 0 Å². The summed E-state index contributed by atoms with van der Waals surface area (Å²) in [4.78, 5) is 14.9. The SMILES string of the molecule is CCOC(=O)ONC(C)C.Cl. The molecule has 1 N–H and O–H groups in total. The molecular weight excluding hydrogens is 170 g/mol. The highest BCUT2D eigenvalue weighted by Crippen LogP contribution is 1.83. The van der Waals surface area contributed by atoms with Crippen LogP contribution in [0.25, 0.3) is 0 Å². The zero-order valence-corrected chi connectivity index (χ0v) is 7.73. The molecule has 0 spiro atoms. The number of hydrogen-bond donors (Lipinski definition) is 1. The van der Waals surface area contributed by atoms with E-state index in [0.29, 0.717) is 6.61 Å². The number of ether oxygens (including phenoxy) is 1.